The Morgan fingerprint density at radius 3 is 2.38 bits per heavy atom. The third kappa shape index (κ3) is 3.62. The largest absolute Gasteiger partial charge is 0.291 e. The minimum atomic E-state index is -0.885. The zero-order valence-corrected chi connectivity index (χ0v) is 10.2. The molecule has 0 saturated carbocycles. The fourth-order valence-electron chi connectivity index (χ4n) is 1.27. The Labute approximate surface area is 105 Å². The standard InChI is InChI=1S/C12H12Cl2O2/c13-8-4-7-10(15)12(16)11(14)9-5-2-1-3-6-9/h1-3,5-6,11H,4,7-8H2. The number of Topliss-reactive ketones (excluding diaryl/α,β-unsaturated/α-hetero) is 2. The number of alkyl halides is 2. The third-order valence-electron chi connectivity index (χ3n) is 2.13. The van der Waals surface area contributed by atoms with Crippen molar-refractivity contribution in [2.24, 2.45) is 0 Å². The topological polar surface area (TPSA) is 34.1 Å². The first-order chi connectivity index (χ1) is 7.66. The van der Waals surface area contributed by atoms with Gasteiger partial charge in [-0.3, -0.25) is 9.59 Å². The normalized spacial score (nSPS) is 12.1. The van der Waals surface area contributed by atoms with Gasteiger partial charge in [-0.15, -0.1) is 23.2 Å². The number of carbonyl (C=O) groups excluding carboxylic acids is 2. The molecule has 0 amide bonds. The maximum Gasteiger partial charge on any atom is 0.220 e. The molecule has 1 unspecified atom stereocenters. The van der Waals surface area contributed by atoms with Crippen LogP contribution in [0.15, 0.2) is 30.3 Å². The number of halogens is 2. The van der Waals surface area contributed by atoms with Crippen LogP contribution >= 0.6 is 23.2 Å². The lowest BCUT2D eigenvalue weighted by Crippen LogP contribution is -2.18. The van der Waals surface area contributed by atoms with E-state index in [0.29, 0.717) is 17.9 Å². The molecule has 0 saturated heterocycles. The molecule has 0 N–H and O–H groups in total. The minimum Gasteiger partial charge on any atom is -0.291 e. The molecule has 0 aliphatic heterocycles. The molecule has 0 radical (unpaired) electrons. The van der Waals surface area contributed by atoms with Crippen LogP contribution in [-0.4, -0.2) is 17.4 Å². The molecule has 4 heteroatoms. The maximum absolute atomic E-state index is 11.6. The van der Waals surface area contributed by atoms with Crippen LogP contribution in [0.1, 0.15) is 23.8 Å². The molecule has 0 spiro atoms. The van der Waals surface area contributed by atoms with Crippen molar-refractivity contribution < 1.29 is 9.59 Å². The molecule has 86 valence electrons. The highest BCUT2D eigenvalue weighted by atomic mass is 35.5. The number of benzene rings is 1. The molecule has 0 bridgehead atoms. The highest BCUT2D eigenvalue weighted by Crippen LogP contribution is 2.22. The van der Waals surface area contributed by atoms with Gasteiger partial charge in [0.05, 0.1) is 0 Å². The van der Waals surface area contributed by atoms with Gasteiger partial charge >= 0.3 is 0 Å². The van der Waals surface area contributed by atoms with Crippen molar-refractivity contribution in [3.8, 4) is 0 Å². The van der Waals surface area contributed by atoms with E-state index in [9.17, 15) is 9.59 Å². The van der Waals surface area contributed by atoms with Gasteiger partial charge in [-0.25, -0.2) is 0 Å². The lowest BCUT2D eigenvalue weighted by Gasteiger charge is -2.07. The van der Waals surface area contributed by atoms with E-state index in [4.69, 9.17) is 23.2 Å². The average Bonchev–Trinajstić information content (AvgIpc) is 2.35. The first kappa shape index (κ1) is 13.2. The van der Waals surface area contributed by atoms with Crippen LogP contribution in [-0.2, 0) is 9.59 Å². The molecule has 16 heavy (non-hydrogen) atoms. The number of rotatable bonds is 6. The van der Waals surface area contributed by atoms with Crippen molar-refractivity contribution in [3.63, 3.8) is 0 Å². The van der Waals surface area contributed by atoms with E-state index >= 15 is 0 Å². The Balaban J connectivity index is 2.64. The lowest BCUT2D eigenvalue weighted by molar-refractivity contribution is -0.136. The Bertz CT molecular complexity index is 363. The van der Waals surface area contributed by atoms with Gasteiger partial charge in [-0.2, -0.15) is 0 Å². The summed E-state index contributed by atoms with van der Waals surface area (Å²) in [6, 6.07) is 8.84. The molecule has 0 aliphatic carbocycles. The molecule has 0 aromatic heterocycles. The number of hydrogen-bond donors (Lipinski definition) is 0. The SMILES string of the molecule is O=C(CCCCl)C(=O)C(Cl)c1ccccc1. The van der Waals surface area contributed by atoms with Crippen LogP contribution < -0.4 is 0 Å². The van der Waals surface area contributed by atoms with Crippen LogP contribution in [0.2, 0.25) is 0 Å². The summed E-state index contributed by atoms with van der Waals surface area (Å²) in [7, 11) is 0. The van der Waals surface area contributed by atoms with Crippen molar-refractivity contribution >= 4 is 34.8 Å². The van der Waals surface area contributed by atoms with Crippen molar-refractivity contribution in [1.82, 2.24) is 0 Å². The fraction of sp³-hybridized carbons (Fsp3) is 0.333. The molecule has 0 heterocycles. The Morgan fingerprint density at radius 1 is 1.19 bits per heavy atom. The van der Waals surface area contributed by atoms with Gasteiger partial charge in [0.1, 0.15) is 5.38 Å². The molecular formula is C12H12Cl2O2. The fourth-order valence-corrected chi connectivity index (χ4v) is 1.67. The molecule has 0 fully saturated rings. The highest BCUT2D eigenvalue weighted by Gasteiger charge is 2.23. The molecule has 0 aliphatic rings. The number of carbonyl (C=O) groups is 2. The number of ketones is 2. The van der Waals surface area contributed by atoms with Crippen LogP contribution in [0.4, 0.5) is 0 Å². The van der Waals surface area contributed by atoms with Crippen LogP contribution in [0.3, 0.4) is 0 Å². The minimum absolute atomic E-state index is 0.165. The predicted octanol–water partition coefficient (Wildman–Crippen LogP) is 3.12. The second kappa shape index (κ2) is 6.66. The van der Waals surface area contributed by atoms with Crippen molar-refractivity contribution in [3.05, 3.63) is 35.9 Å². The van der Waals surface area contributed by atoms with E-state index in [1.165, 1.54) is 0 Å². The van der Waals surface area contributed by atoms with Crippen LogP contribution in [0.25, 0.3) is 0 Å². The second-order valence-electron chi connectivity index (χ2n) is 3.35. The maximum atomic E-state index is 11.6. The van der Waals surface area contributed by atoms with Gasteiger partial charge in [0, 0.05) is 12.3 Å². The molecular weight excluding hydrogens is 247 g/mol. The molecule has 1 aromatic carbocycles. The smallest absolute Gasteiger partial charge is 0.220 e. The van der Waals surface area contributed by atoms with E-state index in [2.05, 4.69) is 0 Å². The summed E-state index contributed by atoms with van der Waals surface area (Å²) >= 11 is 11.4. The monoisotopic (exact) mass is 258 g/mol. The van der Waals surface area contributed by atoms with Gasteiger partial charge in [-0.1, -0.05) is 30.3 Å². The van der Waals surface area contributed by atoms with Gasteiger partial charge in [0.15, 0.2) is 5.78 Å². The third-order valence-corrected chi connectivity index (χ3v) is 2.85. The summed E-state index contributed by atoms with van der Waals surface area (Å²) in [5.41, 5.74) is 0.647. The lowest BCUT2D eigenvalue weighted by atomic mass is 10.0. The average molecular weight is 259 g/mol. The quantitative estimate of drug-likeness (QED) is 0.581. The van der Waals surface area contributed by atoms with E-state index in [-0.39, 0.29) is 6.42 Å². The summed E-state index contributed by atoms with van der Waals surface area (Å²) in [6.07, 6.45) is 0.670. The van der Waals surface area contributed by atoms with Gasteiger partial charge in [-0.05, 0) is 12.0 Å². The van der Waals surface area contributed by atoms with E-state index in [1.54, 1.807) is 24.3 Å². The summed E-state index contributed by atoms with van der Waals surface area (Å²) in [5, 5.41) is -0.885. The van der Waals surface area contributed by atoms with Gasteiger partial charge < -0.3 is 0 Å². The zero-order valence-electron chi connectivity index (χ0n) is 8.66. The van der Waals surface area contributed by atoms with Gasteiger partial charge in [0.25, 0.3) is 0 Å². The molecule has 1 rings (SSSR count). The number of hydrogen-bond acceptors (Lipinski definition) is 2. The van der Waals surface area contributed by atoms with Crippen molar-refractivity contribution in [2.75, 3.05) is 5.88 Å². The summed E-state index contributed by atoms with van der Waals surface area (Å²) in [5.74, 6) is -0.639. The van der Waals surface area contributed by atoms with E-state index < -0.39 is 16.9 Å². The van der Waals surface area contributed by atoms with Gasteiger partial charge in [0.2, 0.25) is 5.78 Å². The second-order valence-corrected chi connectivity index (χ2v) is 4.17. The highest BCUT2D eigenvalue weighted by molar-refractivity contribution is 6.49. The Hall–Kier alpha value is -0.860. The first-order valence-electron chi connectivity index (χ1n) is 4.99. The first-order valence-corrected chi connectivity index (χ1v) is 5.96. The molecule has 1 atom stereocenters. The van der Waals surface area contributed by atoms with Crippen molar-refractivity contribution in [1.29, 1.82) is 0 Å². The molecule has 1 aromatic rings. The van der Waals surface area contributed by atoms with E-state index in [0.717, 1.165) is 0 Å². The Morgan fingerprint density at radius 2 is 1.81 bits per heavy atom. The van der Waals surface area contributed by atoms with Crippen molar-refractivity contribution in [2.45, 2.75) is 18.2 Å². The van der Waals surface area contributed by atoms with E-state index in [1.807, 2.05) is 6.07 Å². The summed E-state index contributed by atoms with van der Waals surface area (Å²) < 4.78 is 0. The van der Waals surface area contributed by atoms with Crippen LogP contribution in [0.5, 0.6) is 0 Å². The zero-order chi connectivity index (χ0) is 12.0. The molecule has 2 nitrogen and oxygen atoms in total. The summed E-state index contributed by atoms with van der Waals surface area (Å²) in [6.45, 7) is 0. The summed E-state index contributed by atoms with van der Waals surface area (Å²) in [4.78, 5) is 23.0. The Kier molecular flexibility index (Phi) is 5.50. The predicted molar refractivity (Wildman–Crippen MR) is 65.0 cm³/mol. The van der Waals surface area contributed by atoms with Crippen LogP contribution in [0, 0.1) is 0 Å².